The lowest BCUT2D eigenvalue weighted by Crippen LogP contribution is -2.55. The summed E-state index contributed by atoms with van der Waals surface area (Å²) in [7, 11) is 4.30. The quantitative estimate of drug-likeness (QED) is 0.0989. The number of methoxy groups -OCH3 is 3. The normalized spacial score (nSPS) is 27.9. The van der Waals surface area contributed by atoms with Gasteiger partial charge in [0.05, 0.1) is 80.3 Å². The number of aromatic nitrogens is 4. The van der Waals surface area contributed by atoms with Gasteiger partial charge in [-0.3, -0.25) is 9.59 Å². The Kier molecular flexibility index (Phi) is 13.9. The number of fused-ring (bicyclic) bond motifs is 6. The first kappa shape index (κ1) is 49.3. The molecule has 5 aliphatic heterocycles. The molecule has 2 aromatic heterocycles. The number of nitrogens with zero attached hydrogens (tertiary/aromatic N) is 4. The molecule has 5 aromatic rings. The van der Waals surface area contributed by atoms with Crippen LogP contribution in [0, 0.1) is 17.8 Å². The van der Waals surface area contributed by atoms with Gasteiger partial charge in [-0.15, -0.1) is 0 Å². The highest BCUT2D eigenvalue weighted by molar-refractivity contribution is 6.07. The molecule has 4 fully saturated rings. The third-order valence-electron chi connectivity index (χ3n) is 15.8. The summed E-state index contributed by atoms with van der Waals surface area (Å²) in [6.45, 7) is 11.4. The molecule has 0 radical (unpaired) electrons. The first-order valence-corrected chi connectivity index (χ1v) is 25.6. The van der Waals surface area contributed by atoms with Gasteiger partial charge in [-0.05, 0) is 138 Å². The molecule has 5 aliphatic rings. The van der Waals surface area contributed by atoms with Crippen molar-refractivity contribution in [1.29, 1.82) is 0 Å². The number of carbonyl (C=O) groups is 4. The van der Waals surface area contributed by atoms with E-state index in [9.17, 15) is 19.2 Å². The second-order valence-corrected chi connectivity index (χ2v) is 21.0. The number of H-pyrrole nitrogens is 2. The molecule has 18 heteroatoms. The summed E-state index contributed by atoms with van der Waals surface area (Å²) in [6, 6.07) is 12.4. The molecule has 3 aromatic carbocycles. The zero-order valence-electron chi connectivity index (χ0n) is 42.5. The number of rotatable bonds is 11. The lowest BCUT2D eigenvalue weighted by molar-refractivity contribution is -0.140. The number of carbonyl (C=O) groups excluding carboxylic acids is 4. The molecule has 0 saturated carbocycles. The standard InChI is InChI=1S/C54H68N8O10/c1-27-9-14-43(62(27)52(64)47(60-54(66)69-8)36-17-30(4)72-31(5)18-36)49-55-23-42(57-49)34-10-12-38-37(20-34)26-70-45-22-39-33(21-40(38)45)11-13-41-48(39)58-50(56-41)44-19-32(25-67-6)24-61(44)51(63)46(59-53(65)68-7)35-15-28(2)71-29(3)16-35/h10-13,20-23,27-32,35-36,43-44,46-47H,9,14-19,24-26H2,1-8H3,(H,55,57)(H,56,58)(H,59,65)(H,60,66). The van der Waals surface area contributed by atoms with E-state index in [4.69, 9.17) is 38.4 Å². The maximum absolute atomic E-state index is 14.7. The van der Waals surface area contributed by atoms with E-state index in [0.717, 1.165) is 68.3 Å². The molecular formula is C54H68N8O10. The second-order valence-electron chi connectivity index (χ2n) is 21.0. The van der Waals surface area contributed by atoms with E-state index in [0.29, 0.717) is 63.5 Å². The molecular weight excluding hydrogens is 921 g/mol. The summed E-state index contributed by atoms with van der Waals surface area (Å²) < 4.78 is 34.1. The summed E-state index contributed by atoms with van der Waals surface area (Å²) in [6.07, 6.45) is 5.11. The Labute approximate surface area is 419 Å². The van der Waals surface area contributed by atoms with E-state index < -0.39 is 24.3 Å². The van der Waals surface area contributed by atoms with Crippen molar-refractivity contribution in [2.45, 2.75) is 141 Å². The minimum Gasteiger partial charge on any atom is -0.488 e. The topological polar surface area (TPSA) is 212 Å². The van der Waals surface area contributed by atoms with Crippen LogP contribution in [0.3, 0.4) is 0 Å². The van der Waals surface area contributed by atoms with E-state index >= 15 is 0 Å². The van der Waals surface area contributed by atoms with Crippen molar-refractivity contribution >= 4 is 45.8 Å². The molecule has 4 N–H and O–H groups in total. The maximum Gasteiger partial charge on any atom is 0.407 e. The Morgan fingerprint density at radius 3 is 2.07 bits per heavy atom. The minimum atomic E-state index is -0.794. The van der Waals surface area contributed by atoms with Crippen LogP contribution in [-0.4, -0.2) is 131 Å². The van der Waals surface area contributed by atoms with Crippen molar-refractivity contribution < 1.29 is 47.6 Å². The fourth-order valence-corrected chi connectivity index (χ4v) is 12.6. The molecule has 0 aliphatic carbocycles. The van der Waals surface area contributed by atoms with Gasteiger partial charge < -0.3 is 58.8 Å². The Morgan fingerprint density at radius 2 is 1.42 bits per heavy atom. The van der Waals surface area contributed by atoms with Gasteiger partial charge in [0, 0.05) is 36.6 Å². The zero-order chi connectivity index (χ0) is 50.5. The van der Waals surface area contributed by atoms with Crippen molar-refractivity contribution in [3.05, 3.63) is 65.9 Å². The fourth-order valence-electron chi connectivity index (χ4n) is 12.6. The first-order valence-electron chi connectivity index (χ1n) is 25.6. The molecule has 0 bridgehead atoms. The van der Waals surface area contributed by atoms with Crippen LogP contribution in [0.25, 0.3) is 44.2 Å². The van der Waals surface area contributed by atoms with E-state index in [-0.39, 0.29) is 72.1 Å². The monoisotopic (exact) mass is 989 g/mol. The Bertz CT molecular complexity index is 2830. The molecule has 72 heavy (non-hydrogen) atoms. The Balaban J connectivity index is 0.899. The van der Waals surface area contributed by atoms with Gasteiger partial charge in [-0.2, -0.15) is 0 Å². The number of alkyl carbamates (subject to hydrolysis) is 2. The van der Waals surface area contributed by atoms with Crippen LogP contribution in [-0.2, 0) is 39.9 Å². The smallest absolute Gasteiger partial charge is 0.407 e. The van der Waals surface area contributed by atoms with E-state index in [1.54, 1.807) is 7.11 Å². The van der Waals surface area contributed by atoms with E-state index in [1.165, 1.54) is 14.2 Å². The zero-order valence-corrected chi connectivity index (χ0v) is 42.5. The van der Waals surface area contributed by atoms with Crippen molar-refractivity contribution in [3.8, 4) is 28.1 Å². The number of hydrogen-bond acceptors (Lipinski definition) is 12. The van der Waals surface area contributed by atoms with Crippen molar-refractivity contribution in [2.75, 3.05) is 34.5 Å². The van der Waals surface area contributed by atoms with Crippen LogP contribution >= 0.6 is 0 Å². The van der Waals surface area contributed by atoms with Crippen molar-refractivity contribution in [3.63, 3.8) is 0 Å². The summed E-state index contributed by atoms with van der Waals surface area (Å²) >= 11 is 0. The number of benzene rings is 3. The molecule has 10 rings (SSSR count). The predicted octanol–water partition coefficient (Wildman–Crippen LogP) is 8.11. The van der Waals surface area contributed by atoms with Crippen LogP contribution in [0.15, 0.2) is 48.7 Å². The van der Waals surface area contributed by atoms with Crippen molar-refractivity contribution in [1.82, 2.24) is 40.4 Å². The average Bonchev–Trinajstić information content (AvgIpc) is 4.19. The number of amides is 4. The number of imidazole rings is 2. The van der Waals surface area contributed by atoms with Gasteiger partial charge >= 0.3 is 12.2 Å². The van der Waals surface area contributed by atoms with Crippen LogP contribution < -0.4 is 15.4 Å². The highest BCUT2D eigenvalue weighted by Crippen LogP contribution is 2.45. The molecule has 0 spiro atoms. The highest BCUT2D eigenvalue weighted by Gasteiger charge is 2.46. The third-order valence-corrected chi connectivity index (χ3v) is 15.8. The van der Waals surface area contributed by atoms with Crippen LogP contribution in [0.1, 0.15) is 109 Å². The van der Waals surface area contributed by atoms with E-state index in [2.05, 4.69) is 63.9 Å². The maximum atomic E-state index is 14.7. The highest BCUT2D eigenvalue weighted by atomic mass is 16.5. The number of hydrogen-bond donors (Lipinski definition) is 4. The lowest BCUT2D eigenvalue weighted by atomic mass is 9.85. The van der Waals surface area contributed by atoms with Crippen molar-refractivity contribution in [2.24, 2.45) is 17.8 Å². The minimum absolute atomic E-state index is 0.0367. The molecule has 4 saturated heterocycles. The molecule has 7 heterocycles. The fraction of sp³-hybridized carbons (Fsp3) is 0.556. The van der Waals surface area contributed by atoms with Gasteiger partial charge in [0.25, 0.3) is 0 Å². The number of ether oxygens (including phenoxy) is 6. The third kappa shape index (κ3) is 9.60. The van der Waals surface area contributed by atoms with Gasteiger partial charge in [0.1, 0.15) is 36.1 Å². The van der Waals surface area contributed by atoms with E-state index in [1.807, 2.05) is 49.8 Å². The number of likely N-dealkylation sites (tertiary alicyclic amines) is 2. The Morgan fingerprint density at radius 1 is 0.750 bits per heavy atom. The largest absolute Gasteiger partial charge is 0.488 e. The Hall–Kier alpha value is -6.24. The number of nitrogens with one attached hydrogen (secondary N) is 4. The average molecular weight is 989 g/mol. The van der Waals surface area contributed by atoms with Crippen LogP contribution in [0.2, 0.25) is 0 Å². The molecule has 4 amide bonds. The lowest BCUT2D eigenvalue weighted by Gasteiger charge is -2.39. The predicted molar refractivity (Wildman–Crippen MR) is 268 cm³/mol. The van der Waals surface area contributed by atoms with Gasteiger partial charge in [-0.25, -0.2) is 19.6 Å². The molecule has 10 unspecified atom stereocenters. The summed E-state index contributed by atoms with van der Waals surface area (Å²) in [5.74, 6) is 1.65. The van der Waals surface area contributed by atoms with Gasteiger partial charge in [0.2, 0.25) is 11.8 Å². The molecule has 384 valence electrons. The number of aromatic amines is 2. The second kappa shape index (κ2) is 20.3. The summed E-state index contributed by atoms with van der Waals surface area (Å²) in [5.41, 5.74) is 6.48. The summed E-state index contributed by atoms with van der Waals surface area (Å²) in [4.78, 5) is 75.6. The van der Waals surface area contributed by atoms with Gasteiger partial charge in [-0.1, -0.05) is 18.2 Å². The first-order chi connectivity index (χ1) is 34.7. The van der Waals surface area contributed by atoms with Gasteiger partial charge in [0.15, 0.2) is 0 Å². The SMILES string of the molecule is COCC1CC(c2nc3c(ccc4cc5c(cc43)OCc3cc(-c4cnc(C6CCC(C)N6C(=O)C(NC(=O)OC)C6CC(C)OC(C)C6)[nH]4)ccc3-5)[nH]2)N(C(=O)C(NC(=O)OC)C2CC(C)OC(C)C2)C1. The van der Waals surface area contributed by atoms with Crippen LogP contribution in [0.5, 0.6) is 5.75 Å². The van der Waals surface area contributed by atoms with Crippen LogP contribution in [0.4, 0.5) is 9.59 Å². The molecule has 10 atom stereocenters. The summed E-state index contributed by atoms with van der Waals surface area (Å²) in [5, 5.41) is 7.70. The molecule has 18 nitrogen and oxygen atoms in total.